The van der Waals surface area contributed by atoms with Gasteiger partial charge in [0, 0.05) is 13.3 Å². The van der Waals surface area contributed by atoms with E-state index < -0.39 is 5.97 Å². The number of hydrogen-bond donors (Lipinski definition) is 0. The highest BCUT2D eigenvalue weighted by atomic mass is 16.5. The molecule has 1 atom stereocenters. The molecule has 0 unspecified atom stereocenters. The maximum Gasteiger partial charge on any atom is 0.341 e. The summed E-state index contributed by atoms with van der Waals surface area (Å²) in [5.74, 6) is -0.401. The third kappa shape index (κ3) is 2.70. The van der Waals surface area contributed by atoms with Gasteiger partial charge >= 0.3 is 5.97 Å². The Morgan fingerprint density at radius 2 is 2.25 bits per heavy atom. The Bertz CT molecular complexity index is 581. The van der Waals surface area contributed by atoms with Gasteiger partial charge in [-0.05, 0) is 26.0 Å². The zero-order valence-corrected chi connectivity index (χ0v) is 11.7. The first-order valence-electron chi connectivity index (χ1n) is 6.37. The largest absolute Gasteiger partial charge is 0.462 e. The van der Waals surface area contributed by atoms with E-state index in [0.29, 0.717) is 17.9 Å². The molecule has 2 aromatic rings. The van der Waals surface area contributed by atoms with Crippen molar-refractivity contribution in [3.8, 4) is 5.69 Å². The first-order valence-corrected chi connectivity index (χ1v) is 6.37. The molecule has 6 nitrogen and oxygen atoms in total. The summed E-state index contributed by atoms with van der Waals surface area (Å²) in [7, 11) is 1.58. The lowest BCUT2D eigenvalue weighted by atomic mass is 10.1. The van der Waals surface area contributed by atoms with Crippen LogP contribution in [-0.4, -0.2) is 34.5 Å². The van der Waals surface area contributed by atoms with Gasteiger partial charge < -0.3 is 9.47 Å². The molecule has 0 aliphatic carbocycles. The number of methoxy groups -OCH3 is 1. The van der Waals surface area contributed by atoms with Crippen LogP contribution in [-0.2, 0) is 9.47 Å². The summed E-state index contributed by atoms with van der Waals surface area (Å²) in [6.45, 7) is 3.94. The molecule has 0 saturated carbocycles. The molecule has 0 N–H and O–H groups in total. The number of pyridine rings is 1. The van der Waals surface area contributed by atoms with Crippen LogP contribution in [0.2, 0.25) is 0 Å². The highest BCUT2D eigenvalue weighted by Crippen LogP contribution is 2.24. The van der Waals surface area contributed by atoms with Crippen molar-refractivity contribution < 1.29 is 14.3 Å². The van der Waals surface area contributed by atoms with Gasteiger partial charge in [-0.3, -0.25) is 4.98 Å². The predicted octanol–water partition coefficient (Wildman–Crippen LogP) is 2.15. The predicted molar refractivity (Wildman–Crippen MR) is 72.7 cm³/mol. The minimum atomic E-state index is -0.401. The lowest BCUT2D eigenvalue weighted by Gasteiger charge is -2.14. The van der Waals surface area contributed by atoms with E-state index in [0.717, 1.165) is 5.69 Å². The van der Waals surface area contributed by atoms with Gasteiger partial charge in [-0.25, -0.2) is 9.48 Å². The van der Waals surface area contributed by atoms with E-state index >= 15 is 0 Å². The molecule has 2 aromatic heterocycles. The number of hydrogen-bond acceptors (Lipinski definition) is 5. The van der Waals surface area contributed by atoms with Crippen molar-refractivity contribution in [2.75, 3.05) is 13.7 Å². The van der Waals surface area contributed by atoms with Gasteiger partial charge in [-0.2, -0.15) is 5.10 Å². The quantitative estimate of drug-likeness (QED) is 0.782. The van der Waals surface area contributed by atoms with Gasteiger partial charge in [-0.1, -0.05) is 0 Å². The molecule has 106 valence electrons. The lowest BCUT2D eigenvalue weighted by Crippen LogP contribution is -2.13. The zero-order valence-electron chi connectivity index (χ0n) is 11.7. The van der Waals surface area contributed by atoms with Gasteiger partial charge in [0.15, 0.2) is 0 Å². The zero-order chi connectivity index (χ0) is 14.5. The SMILES string of the molecule is CCOC(=O)c1cnn(-c2cccnc2)c1[C@H](C)OC. The number of esters is 1. The molecule has 2 heterocycles. The number of carbonyl (C=O) groups is 1. The highest BCUT2D eigenvalue weighted by molar-refractivity contribution is 5.90. The van der Waals surface area contributed by atoms with Gasteiger partial charge in [0.2, 0.25) is 0 Å². The maximum atomic E-state index is 12.0. The van der Waals surface area contributed by atoms with Gasteiger partial charge in [0.05, 0.1) is 36.5 Å². The van der Waals surface area contributed by atoms with Crippen LogP contribution in [0.5, 0.6) is 0 Å². The summed E-state index contributed by atoms with van der Waals surface area (Å²) < 4.78 is 12.0. The Hall–Kier alpha value is -2.21. The van der Waals surface area contributed by atoms with E-state index in [4.69, 9.17) is 9.47 Å². The molecule has 0 fully saturated rings. The molecular weight excluding hydrogens is 258 g/mol. The van der Waals surface area contributed by atoms with E-state index in [-0.39, 0.29) is 6.10 Å². The number of nitrogens with zero attached hydrogens (tertiary/aromatic N) is 3. The summed E-state index contributed by atoms with van der Waals surface area (Å²) in [6.07, 6.45) is 4.56. The molecular formula is C14H17N3O3. The van der Waals surface area contributed by atoms with Crippen molar-refractivity contribution in [2.45, 2.75) is 20.0 Å². The van der Waals surface area contributed by atoms with E-state index in [1.54, 1.807) is 31.1 Å². The minimum Gasteiger partial charge on any atom is -0.462 e. The van der Waals surface area contributed by atoms with Gasteiger partial charge in [0.1, 0.15) is 5.56 Å². The Balaban J connectivity index is 2.51. The molecule has 0 saturated heterocycles. The van der Waals surface area contributed by atoms with Crippen molar-refractivity contribution in [3.63, 3.8) is 0 Å². The van der Waals surface area contributed by atoms with Crippen LogP contribution in [0.1, 0.15) is 36.0 Å². The summed E-state index contributed by atoms with van der Waals surface area (Å²) >= 11 is 0. The summed E-state index contributed by atoms with van der Waals surface area (Å²) in [5, 5.41) is 4.25. The van der Waals surface area contributed by atoms with Crippen molar-refractivity contribution >= 4 is 5.97 Å². The van der Waals surface area contributed by atoms with Crippen LogP contribution in [0, 0.1) is 0 Å². The summed E-state index contributed by atoms with van der Waals surface area (Å²) in [4.78, 5) is 16.0. The van der Waals surface area contributed by atoms with Gasteiger partial charge in [-0.15, -0.1) is 0 Å². The number of ether oxygens (including phenoxy) is 2. The first-order chi connectivity index (χ1) is 9.69. The van der Waals surface area contributed by atoms with Crippen LogP contribution in [0.3, 0.4) is 0 Å². The highest BCUT2D eigenvalue weighted by Gasteiger charge is 2.23. The molecule has 6 heteroatoms. The molecule has 2 rings (SSSR count). The average Bonchev–Trinajstić information content (AvgIpc) is 2.92. The second-order valence-electron chi connectivity index (χ2n) is 4.16. The third-order valence-corrected chi connectivity index (χ3v) is 2.93. The van der Waals surface area contributed by atoms with Gasteiger partial charge in [0.25, 0.3) is 0 Å². The summed E-state index contributed by atoms with van der Waals surface area (Å²) in [6, 6.07) is 3.67. The number of rotatable bonds is 5. The molecule has 0 spiro atoms. The molecule has 0 radical (unpaired) electrons. The number of carbonyl (C=O) groups excluding carboxylic acids is 1. The smallest absolute Gasteiger partial charge is 0.341 e. The fourth-order valence-corrected chi connectivity index (χ4v) is 1.91. The fourth-order valence-electron chi connectivity index (χ4n) is 1.91. The van der Waals surface area contributed by atoms with E-state index in [1.807, 2.05) is 19.1 Å². The van der Waals surface area contributed by atoms with Crippen LogP contribution in [0.25, 0.3) is 5.69 Å². The van der Waals surface area contributed by atoms with Crippen molar-refractivity contribution in [2.24, 2.45) is 0 Å². The molecule has 0 bridgehead atoms. The second-order valence-corrected chi connectivity index (χ2v) is 4.16. The van der Waals surface area contributed by atoms with E-state index in [1.165, 1.54) is 6.20 Å². The Morgan fingerprint density at radius 1 is 1.45 bits per heavy atom. The topological polar surface area (TPSA) is 66.2 Å². The third-order valence-electron chi connectivity index (χ3n) is 2.93. The summed E-state index contributed by atoms with van der Waals surface area (Å²) in [5.41, 5.74) is 1.82. The molecule has 0 aliphatic rings. The molecule has 20 heavy (non-hydrogen) atoms. The van der Waals surface area contributed by atoms with Crippen molar-refractivity contribution in [1.82, 2.24) is 14.8 Å². The van der Waals surface area contributed by atoms with E-state index in [2.05, 4.69) is 10.1 Å². The van der Waals surface area contributed by atoms with Crippen LogP contribution in [0.4, 0.5) is 0 Å². The van der Waals surface area contributed by atoms with Crippen molar-refractivity contribution in [3.05, 3.63) is 42.0 Å². The fraction of sp³-hybridized carbons (Fsp3) is 0.357. The maximum absolute atomic E-state index is 12.0. The Kier molecular flexibility index (Phi) is 4.47. The van der Waals surface area contributed by atoms with Crippen molar-refractivity contribution in [1.29, 1.82) is 0 Å². The normalized spacial score (nSPS) is 12.2. The monoisotopic (exact) mass is 275 g/mol. The van der Waals surface area contributed by atoms with Crippen LogP contribution >= 0.6 is 0 Å². The molecule has 0 amide bonds. The van der Waals surface area contributed by atoms with Crippen LogP contribution < -0.4 is 0 Å². The Labute approximate surface area is 117 Å². The molecule has 0 aliphatic heterocycles. The van der Waals surface area contributed by atoms with Crippen LogP contribution in [0.15, 0.2) is 30.7 Å². The standard InChI is InChI=1S/C14H17N3O3/c1-4-20-14(18)12-9-16-17(13(12)10(2)19-3)11-6-5-7-15-8-11/h5-10H,4H2,1-3H3/t10-/m0/s1. The first kappa shape index (κ1) is 14.2. The Morgan fingerprint density at radius 3 is 2.85 bits per heavy atom. The average molecular weight is 275 g/mol. The molecule has 0 aromatic carbocycles. The minimum absolute atomic E-state index is 0.294. The van der Waals surface area contributed by atoms with E-state index in [9.17, 15) is 4.79 Å². The number of aromatic nitrogens is 3. The lowest BCUT2D eigenvalue weighted by molar-refractivity contribution is 0.0514. The second kappa shape index (κ2) is 6.29.